The molecule has 0 aromatic heterocycles. The quantitative estimate of drug-likeness (QED) is 0.0352. The van der Waals surface area contributed by atoms with Crippen LogP contribution in [0.4, 0.5) is 0 Å². The van der Waals surface area contributed by atoms with Crippen molar-refractivity contribution in [3.05, 3.63) is 35.9 Å². The summed E-state index contributed by atoms with van der Waals surface area (Å²) in [6, 6.07) is -2.68. The third kappa shape index (κ3) is 25.0. The van der Waals surface area contributed by atoms with Crippen LogP contribution < -0.4 is 65.5 Å². The fourth-order valence-electron chi connectivity index (χ4n) is 9.17. The lowest BCUT2D eigenvalue weighted by molar-refractivity contribution is -0.138. The van der Waals surface area contributed by atoms with Crippen LogP contribution in [0.15, 0.2) is 30.3 Å². The Bertz CT molecular complexity index is 2250. The van der Waals surface area contributed by atoms with Crippen LogP contribution in [0.5, 0.6) is 0 Å². The van der Waals surface area contributed by atoms with Crippen LogP contribution in [0, 0.1) is 23.7 Å². The number of benzene rings is 1. The molecule has 0 unspecified atom stereocenters. The number of rotatable bonds is 28. The summed E-state index contributed by atoms with van der Waals surface area (Å²) in [5.41, 5.74) is 23.9. The molecule has 0 spiro atoms. The number of aliphatic hydroxyl groups is 4. The van der Waals surface area contributed by atoms with Crippen LogP contribution in [0.1, 0.15) is 117 Å². The monoisotopic (exact) mass is 1160 g/mol. The summed E-state index contributed by atoms with van der Waals surface area (Å²) in [5.74, 6) is -13.0. The van der Waals surface area contributed by atoms with Crippen molar-refractivity contribution in [2.45, 2.75) is 179 Å². The summed E-state index contributed by atoms with van der Waals surface area (Å²) in [7, 11) is 0. The number of Topliss-reactive ketones (excluding diaryl/α,β-unsaturated/α-hetero) is 3. The molecule has 1 aliphatic rings. The predicted octanol–water partition coefficient (Wildman–Crippen LogP) is -4.38. The van der Waals surface area contributed by atoms with Gasteiger partial charge >= 0.3 is 0 Å². The molecule has 1 heterocycles. The van der Waals surface area contributed by atoms with Crippen molar-refractivity contribution in [3.8, 4) is 0 Å². The Balaban J connectivity index is 2.64. The minimum atomic E-state index is -1.73. The van der Waals surface area contributed by atoms with E-state index in [1.807, 2.05) is 0 Å². The molecule has 1 aromatic rings. The van der Waals surface area contributed by atoms with Gasteiger partial charge in [0.1, 0.15) is 42.0 Å². The van der Waals surface area contributed by atoms with E-state index in [1.165, 1.54) is 20.8 Å². The van der Waals surface area contributed by atoms with E-state index >= 15 is 0 Å². The smallest absolute Gasteiger partial charge is 0.245 e. The fraction of sp³-hybridized carbons (Fsp3) is 0.691. The SMILES string of the molecule is CC(C)CCCCC(=O)C[C@@H](CCN)C(=O)N[C@H](C(=O)C[C@H](CO)C(=O)N[C@H]1CCNC(=O)[C@H]([C@@H](C)O)NC(=O)[C@H](CCN)NC(=O)[C@H](CCN)NC(=O)[C@H]([C@@H](C)O)NC(=O)[C@@H](Cc2ccccc2)CC(=O)[C@H](CCN)NC1=O)[C@@H](C)O. The molecule has 2 rings (SSSR count). The fourth-order valence-corrected chi connectivity index (χ4v) is 9.17. The number of carbonyl (C=O) groups is 11. The third-order valence-corrected chi connectivity index (χ3v) is 14.0. The predicted molar refractivity (Wildman–Crippen MR) is 301 cm³/mol. The average Bonchev–Trinajstić information content (AvgIpc) is 3.47. The summed E-state index contributed by atoms with van der Waals surface area (Å²) in [5, 5.41) is 62.5. The molecule has 1 saturated heterocycles. The lowest BCUT2D eigenvalue weighted by atomic mass is 9.90. The van der Waals surface area contributed by atoms with E-state index in [9.17, 15) is 73.2 Å². The number of nitrogens with two attached hydrogens (primary N) is 4. The average molecular weight is 1160 g/mol. The topological polar surface area (TPSA) is 469 Å². The van der Waals surface area contributed by atoms with E-state index in [4.69, 9.17) is 22.9 Å². The maximum absolute atomic E-state index is 14.4. The maximum atomic E-state index is 14.4. The molecular weight excluding hydrogens is 1070 g/mol. The molecule has 13 atom stereocenters. The summed E-state index contributed by atoms with van der Waals surface area (Å²) in [6.45, 7) is 5.72. The highest BCUT2D eigenvalue weighted by atomic mass is 16.3. The molecule has 82 heavy (non-hydrogen) atoms. The molecule has 27 nitrogen and oxygen atoms in total. The molecule has 0 radical (unpaired) electrons. The number of amides is 8. The Kier molecular flexibility index (Phi) is 33.0. The number of hydrogen-bond donors (Lipinski definition) is 16. The van der Waals surface area contributed by atoms with Gasteiger partial charge in [-0.2, -0.15) is 0 Å². The Morgan fingerprint density at radius 3 is 1.72 bits per heavy atom. The van der Waals surface area contributed by atoms with Gasteiger partial charge in [-0.25, -0.2) is 0 Å². The van der Waals surface area contributed by atoms with Crippen LogP contribution in [0.3, 0.4) is 0 Å². The number of unbranched alkanes of at least 4 members (excludes halogenated alkanes) is 1. The summed E-state index contributed by atoms with van der Waals surface area (Å²) in [4.78, 5) is 153. The van der Waals surface area contributed by atoms with E-state index in [2.05, 4.69) is 56.4 Å². The van der Waals surface area contributed by atoms with E-state index in [0.29, 0.717) is 17.9 Å². The first-order valence-electron chi connectivity index (χ1n) is 28.3. The van der Waals surface area contributed by atoms with Gasteiger partial charge in [-0.05, 0) is 103 Å². The number of aliphatic hydroxyl groups excluding tert-OH is 4. The van der Waals surface area contributed by atoms with Crippen LogP contribution in [-0.4, -0.2) is 185 Å². The summed E-state index contributed by atoms with van der Waals surface area (Å²) in [6.07, 6.45) is -4.79. The van der Waals surface area contributed by atoms with E-state index in [1.54, 1.807) is 30.3 Å². The normalized spacial score (nSPS) is 23.5. The van der Waals surface area contributed by atoms with Gasteiger partial charge in [-0.3, -0.25) is 52.7 Å². The second-order valence-corrected chi connectivity index (χ2v) is 21.5. The molecule has 1 aromatic carbocycles. The summed E-state index contributed by atoms with van der Waals surface area (Å²) >= 11 is 0. The van der Waals surface area contributed by atoms with Crippen molar-refractivity contribution >= 4 is 64.6 Å². The number of carbonyl (C=O) groups excluding carboxylic acids is 11. The first-order valence-corrected chi connectivity index (χ1v) is 28.3. The number of nitrogens with one attached hydrogen (secondary N) is 8. The number of hydrogen-bond acceptors (Lipinski definition) is 19. The van der Waals surface area contributed by atoms with Gasteiger partial charge in [-0.1, -0.05) is 57.0 Å². The summed E-state index contributed by atoms with van der Waals surface area (Å²) < 4.78 is 0. The van der Waals surface area contributed by atoms with E-state index in [-0.39, 0.29) is 76.9 Å². The molecule has 8 amide bonds. The minimum absolute atomic E-state index is 0.0293. The van der Waals surface area contributed by atoms with Crippen molar-refractivity contribution in [1.29, 1.82) is 0 Å². The zero-order valence-corrected chi connectivity index (χ0v) is 48.0. The molecule has 0 saturated carbocycles. The van der Waals surface area contributed by atoms with Crippen LogP contribution in [0.25, 0.3) is 0 Å². The van der Waals surface area contributed by atoms with Crippen molar-refractivity contribution < 1.29 is 73.2 Å². The van der Waals surface area contributed by atoms with Crippen molar-refractivity contribution in [2.75, 3.05) is 39.3 Å². The first kappa shape index (κ1) is 71.8. The van der Waals surface area contributed by atoms with Crippen molar-refractivity contribution in [1.82, 2.24) is 42.5 Å². The van der Waals surface area contributed by atoms with E-state index in [0.717, 1.165) is 12.8 Å². The largest absolute Gasteiger partial charge is 0.396 e. The van der Waals surface area contributed by atoms with Gasteiger partial charge in [0.2, 0.25) is 47.3 Å². The lowest BCUT2D eigenvalue weighted by Gasteiger charge is -2.28. The Morgan fingerprint density at radius 2 is 1.17 bits per heavy atom. The Morgan fingerprint density at radius 1 is 0.622 bits per heavy atom. The van der Waals surface area contributed by atoms with Gasteiger partial charge in [0.05, 0.1) is 36.9 Å². The van der Waals surface area contributed by atoms with Crippen molar-refractivity contribution in [3.63, 3.8) is 0 Å². The minimum Gasteiger partial charge on any atom is -0.396 e. The molecule has 1 aliphatic heterocycles. The standard InChI is InChI=1S/C55H92N12O15/c1-30(2)11-9-10-14-38(72)26-35(15-20-56)48(75)65-45(31(3)69)44(74)28-37(29-68)50(77)62-42-19-24-60-54(81)46(32(4)70)67-53(80)41(18-23-59)63-51(78)40(17-22-58)64-55(82)47(33(5)71)66-49(76)36(25-34-12-7-6-8-13-34)27-43(73)39(16-21-57)61-52(42)79/h6-8,12-13,30-33,35-37,39-42,45-47,68-71H,9-11,14-29,56-59H2,1-5H3,(H,60,81)(H,61,79)(H,62,77)(H,63,78)(H,64,82)(H,65,75)(H,66,76)(H,67,80)/t31-,32-,33-,35-,36+,37-,39+,40+,41+,42+,45+,46+,47+/m1/s1. The third-order valence-electron chi connectivity index (χ3n) is 14.0. The molecule has 0 aliphatic carbocycles. The van der Waals surface area contributed by atoms with Gasteiger partial charge < -0.3 is 85.9 Å². The first-order chi connectivity index (χ1) is 38.8. The highest BCUT2D eigenvalue weighted by molar-refractivity contribution is 5.99. The molecule has 462 valence electrons. The Labute approximate surface area is 479 Å². The highest BCUT2D eigenvalue weighted by Crippen LogP contribution is 2.19. The second kappa shape index (κ2) is 37.7. The molecular formula is C55H92N12O15. The molecule has 20 N–H and O–H groups in total. The molecule has 0 bridgehead atoms. The van der Waals surface area contributed by atoms with E-state index < -0.39 is 170 Å². The zero-order chi connectivity index (χ0) is 61.6. The molecule has 1 fully saturated rings. The lowest BCUT2D eigenvalue weighted by Crippen LogP contribution is -2.61. The molecule has 27 heteroatoms. The maximum Gasteiger partial charge on any atom is 0.245 e. The van der Waals surface area contributed by atoms with Crippen LogP contribution in [-0.2, 0) is 59.2 Å². The zero-order valence-electron chi connectivity index (χ0n) is 48.0. The highest BCUT2D eigenvalue weighted by Gasteiger charge is 2.38. The van der Waals surface area contributed by atoms with Gasteiger partial charge in [0, 0.05) is 44.1 Å². The van der Waals surface area contributed by atoms with Gasteiger partial charge in [0.15, 0.2) is 11.6 Å². The Hall–Kier alpha value is -6.33. The van der Waals surface area contributed by atoms with Crippen molar-refractivity contribution in [2.24, 2.45) is 46.6 Å². The number of ketones is 3. The van der Waals surface area contributed by atoms with Gasteiger partial charge in [-0.15, -0.1) is 0 Å². The van der Waals surface area contributed by atoms with Gasteiger partial charge in [0.25, 0.3) is 0 Å². The van der Waals surface area contributed by atoms with Crippen LogP contribution >= 0.6 is 0 Å². The van der Waals surface area contributed by atoms with Crippen LogP contribution in [0.2, 0.25) is 0 Å². The second-order valence-electron chi connectivity index (χ2n) is 21.5.